The van der Waals surface area contributed by atoms with Crippen LogP contribution in [0.2, 0.25) is 0 Å². The lowest BCUT2D eigenvalue weighted by atomic mass is 9.92. The van der Waals surface area contributed by atoms with Crippen LogP contribution in [-0.2, 0) is 6.18 Å². The lowest BCUT2D eigenvalue weighted by Gasteiger charge is -2.29. The largest absolute Gasteiger partial charge is 0.507 e. The van der Waals surface area contributed by atoms with Crippen molar-refractivity contribution in [1.29, 1.82) is 0 Å². The summed E-state index contributed by atoms with van der Waals surface area (Å²) >= 11 is 0. The lowest BCUT2D eigenvalue weighted by molar-refractivity contribution is -0.156. The molecule has 2 aromatic heterocycles. The molecule has 0 amide bonds. The van der Waals surface area contributed by atoms with E-state index in [-0.39, 0.29) is 17.2 Å². The molecule has 2 aliphatic rings. The molecule has 4 heterocycles. The Balaban J connectivity index is 1.25. The fourth-order valence-electron chi connectivity index (χ4n) is 4.50. The minimum atomic E-state index is -4.73. The second-order valence-electron chi connectivity index (χ2n) is 8.30. The highest BCUT2D eigenvalue weighted by Crippen LogP contribution is 2.35. The quantitative estimate of drug-likeness (QED) is 0.542. The predicted octanol–water partition coefficient (Wildman–Crippen LogP) is 3.86. The molecule has 0 saturated carbocycles. The van der Waals surface area contributed by atoms with Crippen molar-refractivity contribution in [3.63, 3.8) is 0 Å². The predicted molar refractivity (Wildman–Crippen MR) is 109 cm³/mol. The number of hydrogen-bond donors (Lipinski definition) is 3. The van der Waals surface area contributed by atoms with Gasteiger partial charge in [-0.3, -0.25) is 0 Å². The number of anilines is 1. The summed E-state index contributed by atoms with van der Waals surface area (Å²) < 4.78 is 42.6. The maximum Gasteiger partial charge on any atom is 0.470 e. The third-order valence-corrected chi connectivity index (χ3v) is 6.00. The molecule has 2 bridgehead atoms. The molecule has 2 aliphatic heterocycles. The molecule has 2 fully saturated rings. The van der Waals surface area contributed by atoms with Crippen molar-refractivity contribution in [2.75, 3.05) is 11.9 Å². The zero-order chi connectivity index (χ0) is 22.3. The molecule has 2 atom stereocenters. The van der Waals surface area contributed by atoms with Crippen molar-refractivity contribution < 1.29 is 22.7 Å². The number of piperidine rings is 1. The zero-order valence-corrected chi connectivity index (χ0v) is 16.9. The van der Waals surface area contributed by atoms with E-state index in [1.165, 1.54) is 43.9 Å². The van der Waals surface area contributed by atoms with Crippen LogP contribution in [0.5, 0.6) is 5.75 Å². The average molecular weight is 446 g/mol. The summed E-state index contributed by atoms with van der Waals surface area (Å²) in [5, 5.41) is 32.1. The number of phenolic OH excluding ortho intramolecular Hbond substituents is 1. The third kappa shape index (κ3) is 4.24. The fourth-order valence-corrected chi connectivity index (χ4v) is 4.50. The van der Waals surface area contributed by atoms with Crippen LogP contribution in [0.1, 0.15) is 31.6 Å². The standard InChI is InChI=1S/C21H21F3N6O2/c22-21(23,24)20-30-29-19(32-20)12-1-4-15(17(31)9-12)16-5-6-18(28-27-16)25-10-11-7-13-2-3-14(8-11)26-13/h1,4-6,9,11,13-14,26,31H,2-3,7-8,10H2,(H,25,28). The highest BCUT2D eigenvalue weighted by molar-refractivity contribution is 5.71. The smallest absolute Gasteiger partial charge is 0.470 e. The van der Waals surface area contributed by atoms with E-state index < -0.39 is 12.1 Å². The van der Waals surface area contributed by atoms with E-state index in [0.717, 1.165) is 6.54 Å². The SMILES string of the molecule is Oc1cc(-c2nnc(C(F)(F)F)o2)ccc1-c1ccc(NCC2CC3CCC(C2)N3)nn1. The van der Waals surface area contributed by atoms with E-state index in [1.54, 1.807) is 12.1 Å². The maximum atomic E-state index is 12.6. The van der Waals surface area contributed by atoms with E-state index in [2.05, 4.69) is 35.4 Å². The Morgan fingerprint density at radius 2 is 1.81 bits per heavy atom. The number of rotatable bonds is 5. The number of benzene rings is 1. The molecule has 5 rings (SSSR count). The Morgan fingerprint density at radius 1 is 1.03 bits per heavy atom. The first kappa shape index (κ1) is 20.7. The highest BCUT2D eigenvalue weighted by atomic mass is 19.4. The van der Waals surface area contributed by atoms with Crippen molar-refractivity contribution >= 4 is 5.82 Å². The lowest BCUT2D eigenvalue weighted by Crippen LogP contribution is -2.40. The monoisotopic (exact) mass is 446 g/mol. The van der Waals surface area contributed by atoms with Crippen molar-refractivity contribution in [2.24, 2.45) is 5.92 Å². The Morgan fingerprint density at radius 3 is 2.44 bits per heavy atom. The molecular formula is C21H21F3N6O2. The molecule has 2 saturated heterocycles. The van der Waals surface area contributed by atoms with Gasteiger partial charge in [-0.05, 0) is 61.9 Å². The Kier molecular flexibility index (Phi) is 5.20. The summed E-state index contributed by atoms with van der Waals surface area (Å²) in [6, 6.07) is 9.03. The van der Waals surface area contributed by atoms with Gasteiger partial charge in [0.25, 0.3) is 0 Å². The number of nitrogens with zero attached hydrogens (tertiary/aromatic N) is 4. The van der Waals surface area contributed by atoms with Crippen LogP contribution in [-0.4, -0.2) is 44.1 Å². The summed E-state index contributed by atoms with van der Waals surface area (Å²) in [4.78, 5) is 0. The molecule has 3 N–H and O–H groups in total. The number of halogens is 3. The molecule has 32 heavy (non-hydrogen) atoms. The second-order valence-corrected chi connectivity index (χ2v) is 8.30. The summed E-state index contributed by atoms with van der Waals surface area (Å²) in [6.07, 6.45) is 0.119. The van der Waals surface area contributed by atoms with Gasteiger partial charge in [0.15, 0.2) is 0 Å². The van der Waals surface area contributed by atoms with Gasteiger partial charge in [0, 0.05) is 29.8 Å². The van der Waals surface area contributed by atoms with Crippen molar-refractivity contribution in [2.45, 2.75) is 43.9 Å². The normalized spacial score (nSPS) is 22.8. The summed E-state index contributed by atoms with van der Waals surface area (Å²) in [5.41, 5.74) is 0.982. The summed E-state index contributed by atoms with van der Waals surface area (Å²) in [5.74, 6) is -0.705. The first-order valence-corrected chi connectivity index (χ1v) is 10.4. The van der Waals surface area contributed by atoms with Gasteiger partial charge in [0.1, 0.15) is 11.6 Å². The van der Waals surface area contributed by atoms with Crippen LogP contribution in [0.4, 0.5) is 19.0 Å². The number of aromatic hydroxyl groups is 1. The highest BCUT2D eigenvalue weighted by Gasteiger charge is 2.38. The van der Waals surface area contributed by atoms with Gasteiger partial charge >= 0.3 is 12.1 Å². The van der Waals surface area contributed by atoms with Crippen LogP contribution in [0, 0.1) is 5.92 Å². The number of alkyl halides is 3. The molecule has 8 nitrogen and oxygen atoms in total. The molecule has 168 valence electrons. The van der Waals surface area contributed by atoms with E-state index in [4.69, 9.17) is 0 Å². The Labute approximate surface area is 181 Å². The number of hydrogen-bond acceptors (Lipinski definition) is 8. The van der Waals surface area contributed by atoms with Crippen LogP contribution in [0.15, 0.2) is 34.7 Å². The van der Waals surface area contributed by atoms with Crippen molar-refractivity contribution in [3.8, 4) is 28.5 Å². The summed E-state index contributed by atoms with van der Waals surface area (Å²) in [6.45, 7) is 0.840. The van der Waals surface area contributed by atoms with E-state index in [9.17, 15) is 18.3 Å². The van der Waals surface area contributed by atoms with Crippen molar-refractivity contribution in [3.05, 3.63) is 36.2 Å². The van der Waals surface area contributed by atoms with Crippen LogP contribution in [0.25, 0.3) is 22.7 Å². The molecule has 0 radical (unpaired) electrons. The minimum Gasteiger partial charge on any atom is -0.507 e. The van der Waals surface area contributed by atoms with Gasteiger partial charge in [-0.15, -0.1) is 20.4 Å². The molecule has 2 unspecified atom stereocenters. The van der Waals surface area contributed by atoms with E-state index >= 15 is 0 Å². The second kappa shape index (κ2) is 8.05. The van der Waals surface area contributed by atoms with Gasteiger partial charge in [0.05, 0.1) is 5.69 Å². The molecule has 0 spiro atoms. The summed E-state index contributed by atoms with van der Waals surface area (Å²) in [7, 11) is 0. The van der Waals surface area contributed by atoms with Gasteiger partial charge in [-0.25, -0.2) is 0 Å². The van der Waals surface area contributed by atoms with Gasteiger partial charge < -0.3 is 20.2 Å². The van der Waals surface area contributed by atoms with E-state index in [0.29, 0.717) is 35.1 Å². The van der Waals surface area contributed by atoms with Crippen molar-refractivity contribution in [1.82, 2.24) is 25.7 Å². The van der Waals surface area contributed by atoms with Gasteiger partial charge in [0.2, 0.25) is 5.89 Å². The first-order chi connectivity index (χ1) is 15.3. The molecular weight excluding hydrogens is 425 g/mol. The number of fused-ring (bicyclic) bond motifs is 2. The zero-order valence-electron chi connectivity index (χ0n) is 16.9. The topological polar surface area (TPSA) is 109 Å². The Hall–Kier alpha value is -3.21. The Bertz CT molecular complexity index is 1090. The molecule has 11 heteroatoms. The molecule has 3 aromatic rings. The third-order valence-electron chi connectivity index (χ3n) is 6.00. The molecule has 0 aliphatic carbocycles. The number of aromatic nitrogens is 4. The van der Waals surface area contributed by atoms with Gasteiger partial charge in [-0.1, -0.05) is 0 Å². The van der Waals surface area contributed by atoms with Gasteiger partial charge in [-0.2, -0.15) is 13.2 Å². The fraction of sp³-hybridized carbons (Fsp3) is 0.429. The van der Waals surface area contributed by atoms with Crippen LogP contribution in [0.3, 0.4) is 0 Å². The van der Waals surface area contributed by atoms with Crippen LogP contribution < -0.4 is 10.6 Å². The maximum absolute atomic E-state index is 12.6. The average Bonchev–Trinajstić information content (AvgIpc) is 3.39. The molecule has 1 aromatic carbocycles. The van der Waals surface area contributed by atoms with Crippen LogP contribution >= 0.6 is 0 Å². The number of nitrogens with one attached hydrogen (secondary N) is 2. The van der Waals surface area contributed by atoms with E-state index in [1.807, 2.05) is 0 Å². The minimum absolute atomic E-state index is 0.163. The number of phenols is 1. The first-order valence-electron chi connectivity index (χ1n) is 10.4.